The average molecular weight is 320 g/mol. The molecule has 1 heterocycles. The second-order valence-electron chi connectivity index (χ2n) is 4.35. The summed E-state index contributed by atoms with van der Waals surface area (Å²) in [4.78, 5) is 15.5. The number of pyridine rings is 1. The number of carbonyl (C=O) groups excluding carboxylic acids is 1. The smallest absolute Gasteiger partial charge is 0.159 e. The molecule has 98 valence electrons. The van der Waals surface area contributed by atoms with Gasteiger partial charge in [-0.25, -0.2) is 0 Å². The fourth-order valence-corrected chi connectivity index (χ4v) is 2.21. The van der Waals surface area contributed by atoms with Crippen LogP contribution in [0.15, 0.2) is 34.9 Å². The van der Waals surface area contributed by atoms with Crippen molar-refractivity contribution in [2.75, 3.05) is 0 Å². The standard InChI is InChI=1S/C15H14BrNO2/c1-9-6-7-17-10(2)15(9)19-14-5-4-12(11(3)18)8-13(14)16/h4-8H,1-3H3. The predicted molar refractivity (Wildman–Crippen MR) is 77.9 cm³/mol. The van der Waals surface area contributed by atoms with E-state index in [1.54, 1.807) is 24.4 Å². The van der Waals surface area contributed by atoms with Gasteiger partial charge in [0.25, 0.3) is 0 Å². The van der Waals surface area contributed by atoms with E-state index in [-0.39, 0.29) is 5.78 Å². The number of aromatic nitrogens is 1. The third-order valence-corrected chi connectivity index (χ3v) is 3.45. The maximum absolute atomic E-state index is 11.3. The van der Waals surface area contributed by atoms with Crippen LogP contribution < -0.4 is 4.74 Å². The summed E-state index contributed by atoms with van der Waals surface area (Å²) in [7, 11) is 0. The number of halogens is 1. The average Bonchev–Trinajstić information content (AvgIpc) is 2.35. The Morgan fingerprint density at radius 1 is 1.26 bits per heavy atom. The van der Waals surface area contributed by atoms with Crippen molar-refractivity contribution >= 4 is 21.7 Å². The molecule has 0 fully saturated rings. The molecule has 19 heavy (non-hydrogen) atoms. The molecule has 0 amide bonds. The van der Waals surface area contributed by atoms with Crippen LogP contribution in [-0.4, -0.2) is 10.8 Å². The molecule has 3 nitrogen and oxygen atoms in total. The van der Waals surface area contributed by atoms with Gasteiger partial charge in [-0.05, 0) is 66.5 Å². The van der Waals surface area contributed by atoms with E-state index in [1.807, 2.05) is 19.9 Å². The van der Waals surface area contributed by atoms with Crippen LogP contribution >= 0.6 is 15.9 Å². The number of Topliss-reactive ketones (excluding diaryl/α,β-unsaturated/α-hetero) is 1. The molecule has 4 heteroatoms. The largest absolute Gasteiger partial charge is 0.454 e. The van der Waals surface area contributed by atoms with E-state index < -0.39 is 0 Å². The van der Waals surface area contributed by atoms with Crippen LogP contribution in [0.1, 0.15) is 28.5 Å². The summed E-state index contributed by atoms with van der Waals surface area (Å²) in [6, 6.07) is 7.20. The lowest BCUT2D eigenvalue weighted by Gasteiger charge is -2.12. The van der Waals surface area contributed by atoms with Crippen LogP contribution in [0.4, 0.5) is 0 Å². The minimum absolute atomic E-state index is 0.0287. The number of ether oxygens (including phenoxy) is 1. The monoisotopic (exact) mass is 319 g/mol. The second-order valence-corrected chi connectivity index (χ2v) is 5.20. The summed E-state index contributed by atoms with van der Waals surface area (Å²) in [6.45, 7) is 5.42. The Bertz CT molecular complexity index is 618. The van der Waals surface area contributed by atoms with Crippen LogP contribution in [0.25, 0.3) is 0 Å². The first-order valence-corrected chi connectivity index (χ1v) is 6.69. The Balaban J connectivity index is 2.36. The predicted octanol–water partition coefficient (Wildman–Crippen LogP) is 4.46. The quantitative estimate of drug-likeness (QED) is 0.784. The van der Waals surface area contributed by atoms with Gasteiger partial charge >= 0.3 is 0 Å². The zero-order valence-electron chi connectivity index (χ0n) is 11.0. The third-order valence-electron chi connectivity index (χ3n) is 2.83. The van der Waals surface area contributed by atoms with E-state index in [4.69, 9.17) is 4.74 Å². The van der Waals surface area contributed by atoms with Gasteiger partial charge in [0.2, 0.25) is 0 Å². The maximum atomic E-state index is 11.3. The van der Waals surface area contributed by atoms with Crippen molar-refractivity contribution in [2.24, 2.45) is 0 Å². The topological polar surface area (TPSA) is 39.2 Å². The van der Waals surface area contributed by atoms with Crippen molar-refractivity contribution in [3.05, 3.63) is 51.8 Å². The fraction of sp³-hybridized carbons (Fsp3) is 0.200. The minimum Gasteiger partial charge on any atom is -0.454 e. The van der Waals surface area contributed by atoms with Gasteiger partial charge in [0, 0.05) is 11.8 Å². The summed E-state index contributed by atoms with van der Waals surface area (Å²) >= 11 is 3.42. The number of hydrogen-bond acceptors (Lipinski definition) is 3. The number of benzene rings is 1. The van der Waals surface area contributed by atoms with E-state index >= 15 is 0 Å². The zero-order valence-corrected chi connectivity index (χ0v) is 12.6. The van der Waals surface area contributed by atoms with Gasteiger partial charge in [0.05, 0.1) is 10.2 Å². The molecule has 0 aliphatic carbocycles. The van der Waals surface area contributed by atoms with Gasteiger partial charge in [-0.15, -0.1) is 0 Å². The van der Waals surface area contributed by atoms with Crippen LogP contribution in [0.3, 0.4) is 0 Å². The molecule has 0 radical (unpaired) electrons. The van der Waals surface area contributed by atoms with Gasteiger partial charge in [-0.1, -0.05) is 0 Å². The van der Waals surface area contributed by atoms with Crippen molar-refractivity contribution < 1.29 is 9.53 Å². The molecular weight excluding hydrogens is 306 g/mol. The molecule has 2 rings (SSSR count). The van der Waals surface area contributed by atoms with Crippen LogP contribution in [0, 0.1) is 13.8 Å². The van der Waals surface area contributed by atoms with Crippen LogP contribution in [0.5, 0.6) is 11.5 Å². The molecule has 0 N–H and O–H groups in total. The molecule has 2 aromatic rings. The van der Waals surface area contributed by atoms with E-state index in [1.165, 1.54) is 6.92 Å². The Morgan fingerprint density at radius 2 is 2.00 bits per heavy atom. The van der Waals surface area contributed by atoms with Gasteiger partial charge in [-0.2, -0.15) is 0 Å². The van der Waals surface area contributed by atoms with E-state index in [0.29, 0.717) is 11.3 Å². The van der Waals surface area contributed by atoms with Crippen molar-refractivity contribution in [3.63, 3.8) is 0 Å². The lowest BCUT2D eigenvalue weighted by molar-refractivity contribution is 0.101. The number of carbonyl (C=O) groups is 1. The Kier molecular flexibility index (Phi) is 4.00. The highest BCUT2D eigenvalue weighted by Crippen LogP contribution is 2.33. The van der Waals surface area contributed by atoms with Crippen molar-refractivity contribution in [2.45, 2.75) is 20.8 Å². The van der Waals surface area contributed by atoms with Gasteiger partial charge in [0.1, 0.15) is 5.75 Å². The van der Waals surface area contributed by atoms with Gasteiger partial charge < -0.3 is 4.74 Å². The lowest BCUT2D eigenvalue weighted by Crippen LogP contribution is -1.96. The molecule has 0 bridgehead atoms. The van der Waals surface area contributed by atoms with Gasteiger partial charge in [0.15, 0.2) is 11.5 Å². The Labute approximate surface area is 120 Å². The molecule has 0 aliphatic heterocycles. The first kappa shape index (κ1) is 13.7. The molecule has 0 atom stereocenters. The summed E-state index contributed by atoms with van der Waals surface area (Å²) in [6.07, 6.45) is 1.76. The molecule has 1 aromatic carbocycles. The number of ketones is 1. The summed E-state index contributed by atoms with van der Waals surface area (Å²) in [5.74, 6) is 1.45. The summed E-state index contributed by atoms with van der Waals surface area (Å²) in [5.41, 5.74) is 2.51. The SMILES string of the molecule is CC(=O)c1ccc(Oc2c(C)ccnc2C)c(Br)c1. The third kappa shape index (κ3) is 3.01. The normalized spacial score (nSPS) is 10.3. The molecule has 1 aromatic heterocycles. The fourth-order valence-electron chi connectivity index (χ4n) is 1.75. The van der Waals surface area contributed by atoms with Gasteiger partial charge in [-0.3, -0.25) is 9.78 Å². The second kappa shape index (κ2) is 5.53. The Hall–Kier alpha value is -1.68. The Morgan fingerprint density at radius 3 is 2.58 bits per heavy atom. The zero-order chi connectivity index (χ0) is 14.0. The molecule has 0 unspecified atom stereocenters. The van der Waals surface area contributed by atoms with E-state index in [9.17, 15) is 4.79 Å². The highest BCUT2D eigenvalue weighted by molar-refractivity contribution is 9.10. The number of nitrogens with zero attached hydrogens (tertiary/aromatic N) is 1. The molecular formula is C15H14BrNO2. The molecule has 0 spiro atoms. The van der Waals surface area contributed by atoms with Crippen molar-refractivity contribution in [3.8, 4) is 11.5 Å². The summed E-state index contributed by atoms with van der Waals surface area (Å²) < 4.78 is 6.64. The number of hydrogen-bond donors (Lipinski definition) is 0. The van der Waals surface area contributed by atoms with Crippen molar-refractivity contribution in [1.29, 1.82) is 0 Å². The number of aryl methyl sites for hydroxylation is 2. The van der Waals surface area contributed by atoms with Crippen LogP contribution in [0.2, 0.25) is 0 Å². The molecule has 0 aliphatic rings. The van der Waals surface area contributed by atoms with E-state index in [2.05, 4.69) is 20.9 Å². The number of rotatable bonds is 3. The van der Waals surface area contributed by atoms with Crippen molar-refractivity contribution in [1.82, 2.24) is 4.98 Å². The highest BCUT2D eigenvalue weighted by atomic mass is 79.9. The minimum atomic E-state index is 0.0287. The first-order valence-electron chi connectivity index (χ1n) is 5.89. The van der Waals surface area contributed by atoms with Crippen LogP contribution in [-0.2, 0) is 0 Å². The molecule has 0 saturated heterocycles. The highest BCUT2D eigenvalue weighted by Gasteiger charge is 2.10. The molecule has 0 saturated carbocycles. The van der Waals surface area contributed by atoms with E-state index in [0.717, 1.165) is 21.5 Å². The first-order chi connectivity index (χ1) is 8.99. The maximum Gasteiger partial charge on any atom is 0.159 e. The summed E-state index contributed by atoms with van der Waals surface area (Å²) in [5, 5.41) is 0. The lowest BCUT2D eigenvalue weighted by atomic mass is 10.1.